The Morgan fingerprint density at radius 2 is 1.05 bits per heavy atom. The van der Waals surface area contributed by atoms with Gasteiger partial charge in [-0.2, -0.15) is 48.3 Å². The first-order chi connectivity index (χ1) is 8.38. The van der Waals surface area contributed by atoms with E-state index in [4.69, 9.17) is 5.11 Å². The minimum absolute atomic E-state index is 3.28. The highest BCUT2D eigenvalue weighted by Gasteiger charge is 2.82. The van der Waals surface area contributed by atoms with Crippen LogP contribution >= 0.6 is 0 Å². The van der Waals surface area contributed by atoms with E-state index in [1.807, 2.05) is 0 Å². The minimum Gasteiger partial charge on any atom is -0.331 e. The molecule has 1 N–H and O–H groups in total. The maximum atomic E-state index is 12.6. The Labute approximate surface area is 102 Å². The van der Waals surface area contributed by atoms with Crippen LogP contribution in [0.3, 0.4) is 0 Å². The average Bonchev–Trinajstić information content (AvgIpc) is 2.12. The van der Waals surface area contributed by atoms with Crippen LogP contribution in [-0.4, -0.2) is 41.3 Å². The molecule has 0 aromatic heterocycles. The molecule has 0 aromatic carbocycles. The highest BCUT2D eigenvalue weighted by molar-refractivity contribution is 5.03. The molecule has 0 aliphatic carbocycles. The van der Waals surface area contributed by atoms with Crippen molar-refractivity contribution in [2.75, 3.05) is 0 Å². The largest absolute Gasteiger partial charge is 0.423 e. The van der Waals surface area contributed by atoms with E-state index in [0.717, 1.165) is 0 Å². The quantitative estimate of drug-likeness (QED) is 0.760. The van der Waals surface area contributed by atoms with Crippen LogP contribution in [0.1, 0.15) is 6.42 Å². The van der Waals surface area contributed by atoms with Crippen LogP contribution < -0.4 is 0 Å². The molecule has 13 heteroatoms. The van der Waals surface area contributed by atoms with Gasteiger partial charge in [0, 0.05) is 0 Å². The summed E-state index contributed by atoms with van der Waals surface area (Å²) in [5.74, 6) is -21.3. The van der Waals surface area contributed by atoms with Crippen LogP contribution in [0.15, 0.2) is 0 Å². The normalized spacial score (nSPS) is 17.2. The molecule has 1 nitrogen and oxygen atoms in total. The predicted octanol–water partition coefficient (Wildman–Crippen LogP) is 3.77. The van der Waals surface area contributed by atoms with E-state index in [9.17, 15) is 52.7 Å². The predicted molar refractivity (Wildman–Crippen MR) is 37.6 cm³/mol. The van der Waals surface area contributed by atoms with E-state index in [2.05, 4.69) is 0 Å². The van der Waals surface area contributed by atoms with Crippen molar-refractivity contribution in [3.63, 3.8) is 0 Å². The van der Waals surface area contributed by atoms with E-state index < -0.39 is 42.6 Å². The third-order valence-electron chi connectivity index (χ3n) is 1.99. The van der Waals surface area contributed by atoms with Crippen LogP contribution in [0.4, 0.5) is 52.7 Å². The van der Waals surface area contributed by atoms with Crippen molar-refractivity contribution in [2.45, 2.75) is 42.6 Å². The molecule has 0 radical (unpaired) electrons. The summed E-state index contributed by atoms with van der Waals surface area (Å²) in [7, 11) is 0. The van der Waals surface area contributed by atoms with Gasteiger partial charge in [0.25, 0.3) is 0 Å². The fourth-order valence-electron chi connectivity index (χ4n) is 0.926. The van der Waals surface area contributed by atoms with Crippen LogP contribution in [0.25, 0.3) is 0 Å². The molecule has 0 saturated carbocycles. The molecule has 1 unspecified atom stereocenters. The van der Waals surface area contributed by atoms with Gasteiger partial charge in [-0.05, 0) is 0 Å². The molecule has 0 fully saturated rings. The van der Waals surface area contributed by atoms with Crippen molar-refractivity contribution in [2.24, 2.45) is 0 Å². The number of rotatable bonds is 5. The fraction of sp³-hybridized carbons (Fsp3) is 1.00. The summed E-state index contributed by atoms with van der Waals surface area (Å²) in [6.07, 6.45) is -20.7. The Morgan fingerprint density at radius 1 is 0.700 bits per heavy atom. The topological polar surface area (TPSA) is 20.2 Å². The van der Waals surface area contributed by atoms with Gasteiger partial charge in [-0.15, -0.1) is 0 Å². The lowest BCUT2D eigenvalue weighted by Gasteiger charge is -2.35. The lowest BCUT2D eigenvalue weighted by Crippen LogP contribution is -2.65. The van der Waals surface area contributed by atoms with Crippen LogP contribution in [0.2, 0.25) is 0 Å². The summed E-state index contributed by atoms with van der Waals surface area (Å²) in [6, 6.07) is 0. The molecular formula is C7H4F12O. The fourth-order valence-corrected chi connectivity index (χ4v) is 0.926. The van der Waals surface area contributed by atoms with E-state index in [-0.39, 0.29) is 0 Å². The van der Waals surface area contributed by atoms with Gasteiger partial charge in [0.2, 0.25) is 0 Å². The number of hydrogen-bond acceptors (Lipinski definition) is 1. The van der Waals surface area contributed by atoms with Gasteiger partial charge < -0.3 is 5.11 Å². The van der Waals surface area contributed by atoms with Gasteiger partial charge in [0.05, 0.1) is 6.42 Å². The Morgan fingerprint density at radius 3 is 1.30 bits per heavy atom. The molecule has 0 aliphatic heterocycles. The van der Waals surface area contributed by atoms with Crippen molar-refractivity contribution in [1.29, 1.82) is 0 Å². The summed E-state index contributed by atoms with van der Waals surface area (Å²) in [6.45, 7) is 0. The summed E-state index contributed by atoms with van der Waals surface area (Å²) in [5.41, 5.74) is 0. The van der Waals surface area contributed by atoms with Crippen molar-refractivity contribution < 1.29 is 57.8 Å². The maximum absolute atomic E-state index is 12.6. The first kappa shape index (κ1) is 19.1. The monoisotopic (exact) mass is 332 g/mol. The van der Waals surface area contributed by atoms with Crippen molar-refractivity contribution >= 4 is 0 Å². The summed E-state index contributed by atoms with van der Waals surface area (Å²) >= 11 is 0. The Kier molecular flexibility index (Phi) is 4.63. The Hall–Kier alpha value is -0.880. The molecule has 0 saturated heterocycles. The molecule has 0 heterocycles. The second kappa shape index (κ2) is 4.84. The van der Waals surface area contributed by atoms with Crippen LogP contribution in [0.5, 0.6) is 0 Å². The number of alkyl halides is 12. The molecule has 0 spiro atoms. The second-order valence-electron chi connectivity index (χ2n) is 3.60. The molecule has 1 atom stereocenters. The summed E-state index contributed by atoms with van der Waals surface area (Å²) < 4.78 is 146. The molecule has 0 rings (SSSR count). The number of hydrogen-bond donors (Lipinski definition) is 1. The second-order valence-corrected chi connectivity index (χ2v) is 3.60. The van der Waals surface area contributed by atoms with E-state index in [1.165, 1.54) is 0 Å². The van der Waals surface area contributed by atoms with Gasteiger partial charge in [0.1, 0.15) is 0 Å². The standard InChI is InChI=1S/C7H4F12O/c8-2(1-3(9,10)11)4(12,13)5(14,15)6(16,17)7(18,19)20/h2,20H,1H2. The van der Waals surface area contributed by atoms with E-state index in [1.54, 1.807) is 0 Å². The first-order valence-corrected chi connectivity index (χ1v) is 4.32. The van der Waals surface area contributed by atoms with Gasteiger partial charge >= 0.3 is 30.1 Å². The van der Waals surface area contributed by atoms with Crippen molar-refractivity contribution in [1.82, 2.24) is 0 Å². The van der Waals surface area contributed by atoms with E-state index >= 15 is 0 Å². The summed E-state index contributed by atoms with van der Waals surface area (Å²) in [4.78, 5) is 0. The SMILES string of the molecule is OC(F)(F)C(F)(F)C(F)(F)C(F)(F)C(F)CC(F)(F)F. The number of halogens is 12. The van der Waals surface area contributed by atoms with Crippen LogP contribution in [0, 0.1) is 0 Å². The lowest BCUT2D eigenvalue weighted by atomic mass is 9.97. The van der Waals surface area contributed by atoms with E-state index in [0.29, 0.717) is 0 Å². The average molecular weight is 332 g/mol. The smallest absolute Gasteiger partial charge is 0.331 e. The molecule has 20 heavy (non-hydrogen) atoms. The summed E-state index contributed by atoms with van der Waals surface area (Å²) in [5, 5.41) is 7.42. The molecule has 0 aromatic rings. The molecule has 122 valence electrons. The maximum Gasteiger partial charge on any atom is 0.423 e. The van der Waals surface area contributed by atoms with Crippen molar-refractivity contribution in [3.05, 3.63) is 0 Å². The lowest BCUT2D eigenvalue weighted by molar-refractivity contribution is -0.423. The van der Waals surface area contributed by atoms with Crippen molar-refractivity contribution in [3.8, 4) is 0 Å². The Balaban J connectivity index is 5.58. The van der Waals surface area contributed by atoms with Crippen LogP contribution in [-0.2, 0) is 0 Å². The van der Waals surface area contributed by atoms with Gasteiger partial charge in [-0.3, -0.25) is 0 Å². The molecule has 0 bridgehead atoms. The number of aliphatic hydroxyl groups is 1. The molecular weight excluding hydrogens is 328 g/mol. The molecule has 0 aliphatic rings. The minimum atomic E-state index is -7.27. The van der Waals surface area contributed by atoms with Gasteiger partial charge in [-0.25, -0.2) is 4.39 Å². The third-order valence-corrected chi connectivity index (χ3v) is 1.99. The highest BCUT2D eigenvalue weighted by Crippen LogP contribution is 2.54. The molecule has 0 amide bonds. The van der Waals surface area contributed by atoms with Gasteiger partial charge in [-0.1, -0.05) is 0 Å². The zero-order valence-electron chi connectivity index (χ0n) is 8.77. The van der Waals surface area contributed by atoms with Gasteiger partial charge in [0.15, 0.2) is 6.17 Å². The third kappa shape index (κ3) is 3.23. The first-order valence-electron chi connectivity index (χ1n) is 4.32. The highest BCUT2D eigenvalue weighted by atomic mass is 19.4. The zero-order chi connectivity index (χ0) is 16.8. The Bertz CT molecular complexity index is 339. The zero-order valence-corrected chi connectivity index (χ0v) is 8.77.